The maximum Gasteiger partial charge on any atom is 0.266 e. The molecule has 164 valence electrons. The van der Waals surface area contributed by atoms with Gasteiger partial charge in [-0.2, -0.15) is 0 Å². The van der Waals surface area contributed by atoms with Crippen LogP contribution < -0.4 is 5.56 Å². The maximum atomic E-state index is 13.7. The molecule has 0 aliphatic heterocycles. The van der Waals surface area contributed by atoms with Gasteiger partial charge in [0.25, 0.3) is 5.56 Å². The minimum absolute atomic E-state index is 0.0109. The van der Waals surface area contributed by atoms with Crippen molar-refractivity contribution < 1.29 is 22.0 Å². The lowest BCUT2D eigenvalue weighted by molar-refractivity contribution is -0.113. The van der Waals surface area contributed by atoms with E-state index in [1.165, 1.54) is 18.3 Å². The van der Waals surface area contributed by atoms with E-state index >= 15 is 0 Å². The van der Waals surface area contributed by atoms with Gasteiger partial charge in [-0.15, -0.1) is 0 Å². The normalized spacial score (nSPS) is 24.3. The average molecular weight is 448 g/mol. The molecule has 0 radical (unpaired) electrons. The van der Waals surface area contributed by atoms with Crippen LogP contribution in [0.1, 0.15) is 36.9 Å². The first-order valence-corrected chi connectivity index (χ1v) is 11.7. The number of allylic oxidation sites excluding steroid dienone is 2. The quantitative estimate of drug-likeness (QED) is 0.657. The number of sulfone groups is 1. The van der Waals surface area contributed by atoms with Crippen LogP contribution in [-0.4, -0.2) is 41.8 Å². The molecular formula is C22H22F2N2O4S. The fourth-order valence-corrected chi connectivity index (χ4v) is 5.47. The fourth-order valence-electron chi connectivity index (χ4n) is 3.81. The van der Waals surface area contributed by atoms with Crippen molar-refractivity contribution in [2.24, 2.45) is 5.92 Å². The number of alkyl halides is 2. The molecule has 1 aromatic carbocycles. The number of nitrogens with zero attached hydrogens (tertiary/aromatic N) is 1. The second kappa shape index (κ2) is 8.45. The highest BCUT2D eigenvalue weighted by atomic mass is 32.2. The molecule has 3 atom stereocenters. The Morgan fingerprint density at radius 2 is 1.77 bits per heavy atom. The molecule has 9 heteroatoms. The Bertz CT molecular complexity index is 1140. The number of ketones is 1. The molecule has 0 bridgehead atoms. The van der Waals surface area contributed by atoms with Crippen LogP contribution in [0.3, 0.4) is 0 Å². The van der Waals surface area contributed by atoms with Crippen molar-refractivity contribution in [3.05, 3.63) is 64.3 Å². The van der Waals surface area contributed by atoms with Gasteiger partial charge in [-0.1, -0.05) is 18.2 Å². The highest BCUT2D eigenvalue weighted by molar-refractivity contribution is 7.92. The highest BCUT2D eigenvalue weighted by Gasteiger charge is 2.37. The van der Waals surface area contributed by atoms with Gasteiger partial charge in [0.15, 0.2) is 15.6 Å². The molecule has 2 aliphatic rings. The average Bonchev–Trinajstić information content (AvgIpc) is 3.55. The van der Waals surface area contributed by atoms with Gasteiger partial charge < -0.3 is 4.98 Å². The summed E-state index contributed by atoms with van der Waals surface area (Å²) in [5.41, 5.74) is 0.687. The summed E-state index contributed by atoms with van der Waals surface area (Å²) in [5.74, 6) is -0.780. The van der Waals surface area contributed by atoms with Crippen LogP contribution in [0.2, 0.25) is 0 Å². The Kier molecular flexibility index (Phi) is 5.88. The van der Waals surface area contributed by atoms with Gasteiger partial charge in [-0.05, 0) is 49.3 Å². The molecule has 2 fully saturated rings. The molecule has 0 saturated heterocycles. The van der Waals surface area contributed by atoms with Gasteiger partial charge in [0.2, 0.25) is 0 Å². The van der Waals surface area contributed by atoms with Crippen LogP contribution >= 0.6 is 0 Å². The van der Waals surface area contributed by atoms with E-state index < -0.39 is 33.7 Å². The van der Waals surface area contributed by atoms with E-state index in [2.05, 4.69) is 9.97 Å². The van der Waals surface area contributed by atoms with Gasteiger partial charge in [0.1, 0.15) is 12.3 Å². The molecular weight excluding hydrogens is 426 g/mol. The Balaban J connectivity index is 1.64. The standard InChI is InChI=1S/C22H22F2N2O4S/c23-19-8-13(9-20(19)24)7-18(21(27)10-15-11-26-22(28)12-25-15)14-1-3-16(4-2-14)31(29,30)17-5-6-17/h1-4,7,11-13,17,19-20H,5-6,8-10H2,(H,26,28)/b18-7+/t13?,19-,20+. The zero-order chi connectivity index (χ0) is 22.2. The SMILES string of the molecule is O=C(Cc1c[nH]c(=O)cn1)/C(=C/C1C[C@@H](F)[C@@H](F)C1)c1ccc(S(=O)(=O)C2CC2)cc1. The maximum absolute atomic E-state index is 13.7. The van der Waals surface area contributed by atoms with Crippen molar-refractivity contribution in [3.8, 4) is 0 Å². The zero-order valence-electron chi connectivity index (χ0n) is 16.6. The number of Topliss-reactive ketones (excluding diaryl/α,β-unsaturated/α-hetero) is 1. The van der Waals surface area contributed by atoms with Gasteiger partial charge in [0.05, 0.1) is 28.5 Å². The molecule has 2 saturated carbocycles. The van der Waals surface area contributed by atoms with Crippen molar-refractivity contribution >= 4 is 21.2 Å². The number of carbonyl (C=O) groups is 1. The second-order valence-corrected chi connectivity index (χ2v) is 10.3. The Labute approximate surface area is 178 Å². The van der Waals surface area contributed by atoms with E-state index in [4.69, 9.17) is 0 Å². The fraction of sp³-hybridized carbons (Fsp3) is 0.409. The molecule has 4 rings (SSSR count). The molecule has 1 heterocycles. The monoisotopic (exact) mass is 448 g/mol. The molecule has 1 unspecified atom stereocenters. The smallest absolute Gasteiger partial charge is 0.266 e. The van der Waals surface area contributed by atoms with E-state index in [1.807, 2.05) is 0 Å². The minimum Gasteiger partial charge on any atom is -0.326 e. The third-order valence-corrected chi connectivity index (χ3v) is 7.96. The second-order valence-electron chi connectivity index (χ2n) is 8.11. The van der Waals surface area contributed by atoms with Crippen molar-refractivity contribution in [2.45, 2.75) is 54.6 Å². The number of benzene rings is 1. The van der Waals surface area contributed by atoms with Crippen molar-refractivity contribution in [3.63, 3.8) is 0 Å². The predicted molar refractivity (Wildman–Crippen MR) is 111 cm³/mol. The lowest BCUT2D eigenvalue weighted by atomic mass is 9.94. The van der Waals surface area contributed by atoms with Crippen LogP contribution in [0.15, 0.2) is 52.4 Å². The van der Waals surface area contributed by atoms with Crippen molar-refractivity contribution in [2.75, 3.05) is 0 Å². The first-order chi connectivity index (χ1) is 14.7. The molecule has 0 amide bonds. The third-order valence-electron chi connectivity index (χ3n) is 5.68. The van der Waals surface area contributed by atoms with Crippen LogP contribution in [0.5, 0.6) is 0 Å². The number of aromatic amines is 1. The molecule has 31 heavy (non-hydrogen) atoms. The van der Waals surface area contributed by atoms with Crippen LogP contribution in [0.25, 0.3) is 5.57 Å². The Hall–Kier alpha value is -2.68. The number of H-pyrrole nitrogens is 1. The third kappa shape index (κ3) is 4.81. The van der Waals surface area contributed by atoms with Crippen LogP contribution in [-0.2, 0) is 21.1 Å². The summed E-state index contributed by atoms with van der Waals surface area (Å²) in [6, 6.07) is 6.03. The molecule has 2 aromatic rings. The van der Waals surface area contributed by atoms with Crippen LogP contribution in [0.4, 0.5) is 8.78 Å². The number of aromatic nitrogens is 2. The Morgan fingerprint density at radius 1 is 1.13 bits per heavy atom. The van der Waals surface area contributed by atoms with Gasteiger partial charge in [0, 0.05) is 11.8 Å². The summed E-state index contributed by atoms with van der Waals surface area (Å²) in [7, 11) is -3.37. The van der Waals surface area contributed by atoms with E-state index in [-0.39, 0.29) is 40.8 Å². The van der Waals surface area contributed by atoms with Crippen molar-refractivity contribution in [1.82, 2.24) is 9.97 Å². The number of halogens is 2. The minimum atomic E-state index is -3.37. The van der Waals surface area contributed by atoms with Gasteiger partial charge in [-0.3, -0.25) is 14.6 Å². The molecule has 0 spiro atoms. The van der Waals surface area contributed by atoms with Crippen LogP contribution in [0, 0.1) is 5.92 Å². The summed E-state index contributed by atoms with van der Waals surface area (Å²) in [6.07, 6.45) is 2.02. The first kappa shape index (κ1) is 21.5. The Morgan fingerprint density at radius 3 is 2.32 bits per heavy atom. The summed E-state index contributed by atoms with van der Waals surface area (Å²) < 4.78 is 52.2. The summed E-state index contributed by atoms with van der Waals surface area (Å²) in [6.45, 7) is 0. The zero-order valence-corrected chi connectivity index (χ0v) is 17.4. The predicted octanol–water partition coefficient (Wildman–Crippen LogP) is 2.99. The molecule has 6 nitrogen and oxygen atoms in total. The van der Waals surface area contributed by atoms with E-state index in [0.717, 1.165) is 6.20 Å². The lowest BCUT2D eigenvalue weighted by Gasteiger charge is -2.11. The molecule has 1 N–H and O–H groups in total. The summed E-state index contributed by atoms with van der Waals surface area (Å²) in [5, 5.41) is -0.345. The molecule has 1 aromatic heterocycles. The van der Waals surface area contributed by atoms with Crippen molar-refractivity contribution in [1.29, 1.82) is 0 Å². The summed E-state index contributed by atoms with van der Waals surface area (Å²) >= 11 is 0. The highest BCUT2D eigenvalue weighted by Crippen LogP contribution is 2.36. The van der Waals surface area contributed by atoms with E-state index in [0.29, 0.717) is 24.1 Å². The van der Waals surface area contributed by atoms with Gasteiger partial charge >= 0.3 is 0 Å². The molecule has 2 aliphatic carbocycles. The first-order valence-electron chi connectivity index (χ1n) is 10.1. The van der Waals surface area contributed by atoms with E-state index in [9.17, 15) is 26.8 Å². The van der Waals surface area contributed by atoms with E-state index in [1.54, 1.807) is 18.2 Å². The van der Waals surface area contributed by atoms with Gasteiger partial charge in [-0.25, -0.2) is 17.2 Å². The number of carbonyl (C=O) groups excluding carboxylic acids is 1. The summed E-state index contributed by atoms with van der Waals surface area (Å²) in [4.78, 5) is 30.8. The topological polar surface area (TPSA) is 97.0 Å². The lowest BCUT2D eigenvalue weighted by Crippen LogP contribution is -2.12. The number of hydrogen-bond donors (Lipinski definition) is 1. The number of nitrogens with one attached hydrogen (secondary N) is 1. The largest absolute Gasteiger partial charge is 0.326 e. The number of rotatable bonds is 7. The number of hydrogen-bond acceptors (Lipinski definition) is 5.